The van der Waals surface area contributed by atoms with Gasteiger partial charge in [-0.1, -0.05) is 30.3 Å². The summed E-state index contributed by atoms with van der Waals surface area (Å²) in [6.45, 7) is 4.03. The fraction of sp³-hybridized carbons (Fsp3) is 0.250. The third-order valence-electron chi connectivity index (χ3n) is 2.84. The predicted molar refractivity (Wildman–Crippen MR) is 76.5 cm³/mol. The molecule has 2 N–H and O–H groups in total. The second-order valence-corrected chi connectivity index (χ2v) is 4.47. The number of benzene rings is 2. The molecule has 2 aromatic rings. The minimum atomic E-state index is 0.328. The average Bonchev–Trinajstić information content (AvgIpc) is 2.40. The van der Waals surface area contributed by atoms with Gasteiger partial charge in [0, 0.05) is 18.7 Å². The highest BCUT2D eigenvalue weighted by Gasteiger charge is 1.98. The lowest BCUT2D eigenvalue weighted by Gasteiger charge is -2.09. The summed E-state index contributed by atoms with van der Waals surface area (Å²) < 4.78 is 5.63. The zero-order valence-corrected chi connectivity index (χ0v) is 11.1. The minimum Gasteiger partial charge on any atom is -0.508 e. The van der Waals surface area contributed by atoms with Crippen LogP contribution < -0.4 is 10.1 Å². The topological polar surface area (TPSA) is 41.5 Å². The molecule has 19 heavy (non-hydrogen) atoms. The van der Waals surface area contributed by atoms with Crippen molar-refractivity contribution in [3.8, 4) is 11.5 Å². The van der Waals surface area contributed by atoms with Crippen molar-refractivity contribution < 1.29 is 9.84 Å². The first-order chi connectivity index (χ1) is 9.25. The van der Waals surface area contributed by atoms with Gasteiger partial charge in [0.1, 0.15) is 18.1 Å². The summed E-state index contributed by atoms with van der Waals surface area (Å²) in [6, 6.07) is 15.3. The molecule has 3 heteroatoms. The Balaban J connectivity index is 1.69. The fourth-order valence-corrected chi connectivity index (χ4v) is 1.83. The van der Waals surface area contributed by atoms with Crippen LogP contribution in [0.4, 0.5) is 0 Å². The van der Waals surface area contributed by atoms with Crippen molar-refractivity contribution in [2.45, 2.75) is 13.5 Å². The van der Waals surface area contributed by atoms with Gasteiger partial charge < -0.3 is 15.2 Å². The van der Waals surface area contributed by atoms with Crippen molar-refractivity contribution in [1.82, 2.24) is 5.32 Å². The van der Waals surface area contributed by atoms with E-state index in [1.165, 1.54) is 5.56 Å². The SMILES string of the molecule is Cc1cccc(OCCNCc2ccccc2O)c1. The highest BCUT2D eigenvalue weighted by Crippen LogP contribution is 2.15. The Bertz CT molecular complexity index is 526. The van der Waals surface area contributed by atoms with Crippen molar-refractivity contribution >= 4 is 0 Å². The highest BCUT2D eigenvalue weighted by molar-refractivity contribution is 5.31. The maximum Gasteiger partial charge on any atom is 0.120 e. The van der Waals surface area contributed by atoms with Gasteiger partial charge in [0.2, 0.25) is 0 Å². The first-order valence-corrected chi connectivity index (χ1v) is 6.43. The standard InChI is InChI=1S/C16H19NO2/c1-13-5-4-7-15(11-13)19-10-9-17-12-14-6-2-3-8-16(14)18/h2-8,11,17-18H,9-10,12H2,1H3. The molecule has 0 fully saturated rings. The number of aromatic hydroxyl groups is 1. The van der Waals surface area contributed by atoms with E-state index in [1.54, 1.807) is 6.07 Å². The molecular weight excluding hydrogens is 238 g/mol. The second-order valence-electron chi connectivity index (χ2n) is 4.47. The zero-order valence-electron chi connectivity index (χ0n) is 11.1. The highest BCUT2D eigenvalue weighted by atomic mass is 16.5. The smallest absolute Gasteiger partial charge is 0.120 e. The molecule has 0 bridgehead atoms. The van der Waals surface area contributed by atoms with Crippen molar-refractivity contribution in [2.24, 2.45) is 0 Å². The minimum absolute atomic E-state index is 0.328. The molecule has 0 amide bonds. The van der Waals surface area contributed by atoms with Crippen molar-refractivity contribution in [3.63, 3.8) is 0 Å². The number of hydrogen-bond acceptors (Lipinski definition) is 3. The Morgan fingerprint density at radius 1 is 1.11 bits per heavy atom. The Hall–Kier alpha value is -2.00. The first-order valence-electron chi connectivity index (χ1n) is 6.43. The molecule has 2 rings (SSSR count). The monoisotopic (exact) mass is 257 g/mol. The van der Waals surface area contributed by atoms with Gasteiger partial charge in [-0.2, -0.15) is 0 Å². The summed E-state index contributed by atoms with van der Waals surface area (Å²) in [5.41, 5.74) is 2.10. The summed E-state index contributed by atoms with van der Waals surface area (Å²) in [7, 11) is 0. The van der Waals surface area contributed by atoms with Crippen molar-refractivity contribution in [3.05, 3.63) is 59.7 Å². The normalized spacial score (nSPS) is 10.4. The Morgan fingerprint density at radius 3 is 2.74 bits per heavy atom. The molecule has 0 spiro atoms. The fourth-order valence-electron chi connectivity index (χ4n) is 1.83. The number of phenolic OH excluding ortho intramolecular Hbond substituents is 1. The molecule has 0 heterocycles. The molecule has 0 saturated carbocycles. The van der Waals surface area contributed by atoms with E-state index in [9.17, 15) is 5.11 Å². The van der Waals surface area contributed by atoms with Crippen LogP contribution in [-0.4, -0.2) is 18.3 Å². The maximum absolute atomic E-state index is 9.60. The van der Waals surface area contributed by atoms with Gasteiger partial charge in [-0.15, -0.1) is 0 Å². The molecule has 0 aromatic heterocycles. The van der Waals surface area contributed by atoms with E-state index in [0.717, 1.165) is 17.9 Å². The van der Waals surface area contributed by atoms with Gasteiger partial charge in [-0.05, 0) is 30.7 Å². The Morgan fingerprint density at radius 2 is 1.95 bits per heavy atom. The summed E-state index contributed by atoms with van der Waals surface area (Å²) in [5, 5.41) is 12.8. The maximum atomic E-state index is 9.60. The van der Waals surface area contributed by atoms with Gasteiger partial charge in [-0.3, -0.25) is 0 Å². The van der Waals surface area contributed by atoms with E-state index in [0.29, 0.717) is 18.9 Å². The van der Waals surface area contributed by atoms with Gasteiger partial charge >= 0.3 is 0 Å². The largest absolute Gasteiger partial charge is 0.508 e. The summed E-state index contributed by atoms with van der Waals surface area (Å²) in [4.78, 5) is 0. The lowest BCUT2D eigenvalue weighted by atomic mass is 10.2. The van der Waals surface area contributed by atoms with Crippen LogP contribution >= 0.6 is 0 Å². The van der Waals surface area contributed by atoms with E-state index in [2.05, 4.69) is 5.32 Å². The van der Waals surface area contributed by atoms with Crippen LogP contribution in [0.5, 0.6) is 11.5 Å². The number of nitrogens with one attached hydrogen (secondary N) is 1. The van der Waals surface area contributed by atoms with Gasteiger partial charge in [-0.25, -0.2) is 0 Å². The summed E-state index contributed by atoms with van der Waals surface area (Å²) >= 11 is 0. The van der Waals surface area contributed by atoms with Gasteiger partial charge in [0.05, 0.1) is 0 Å². The van der Waals surface area contributed by atoms with Gasteiger partial charge in [0.15, 0.2) is 0 Å². The van der Waals surface area contributed by atoms with Gasteiger partial charge in [0.25, 0.3) is 0 Å². The number of aryl methyl sites for hydroxylation is 1. The molecule has 0 unspecified atom stereocenters. The molecule has 100 valence electrons. The molecule has 2 aromatic carbocycles. The van der Waals surface area contributed by atoms with E-state index < -0.39 is 0 Å². The zero-order chi connectivity index (χ0) is 13.5. The second kappa shape index (κ2) is 6.81. The molecule has 0 atom stereocenters. The molecule has 0 radical (unpaired) electrons. The lowest BCUT2D eigenvalue weighted by Crippen LogP contribution is -2.20. The number of rotatable bonds is 6. The van der Waals surface area contributed by atoms with Crippen LogP contribution in [-0.2, 0) is 6.54 Å². The lowest BCUT2D eigenvalue weighted by molar-refractivity contribution is 0.313. The number of hydrogen-bond donors (Lipinski definition) is 2. The van der Waals surface area contributed by atoms with Crippen LogP contribution in [0.1, 0.15) is 11.1 Å². The van der Waals surface area contributed by atoms with Crippen LogP contribution in [0.3, 0.4) is 0 Å². The number of ether oxygens (including phenoxy) is 1. The Kier molecular flexibility index (Phi) is 4.81. The molecule has 0 aliphatic heterocycles. The third kappa shape index (κ3) is 4.30. The van der Waals surface area contributed by atoms with Crippen LogP contribution in [0.2, 0.25) is 0 Å². The average molecular weight is 257 g/mol. The third-order valence-corrected chi connectivity index (χ3v) is 2.84. The quantitative estimate of drug-likeness (QED) is 0.782. The van der Waals surface area contributed by atoms with E-state index in [1.807, 2.05) is 49.4 Å². The Labute approximate surface area is 113 Å². The van der Waals surface area contributed by atoms with Crippen molar-refractivity contribution in [2.75, 3.05) is 13.2 Å². The van der Waals surface area contributed by atoms with Crippen LogP contribution in [0, 0.1) is 6.92 Å². The number of para-hydroxylation sites is 1. The summed E-state index contributed by atoms with van der Waals surface area (Å²) in [6.07, 6.45) is 0. The van der Waals surface area contributed by atoms with E-state index in [-0.39, 0.29) is 0 Å². The van der Waals surface area contributed by atoms with Crippen LogP contribution in [0.15, 0.2) is 48.5 Å². The number of phenols is 1. The first kappa shape index (κ1) is 13.4. The van der Waals surface area contributed by atoms with E-state index in [4.69, 9.17) is 4.74 Å². The molecule has 0 saturated heterocycles. The summed E-state index contributed by atoms with van der Waals surface area (Å²) in [5.74, 6) is 1.22. The molecular formula is C16H19NO2. The van der Waals surface area contributed by atoms with E-state index >= 15 is 0 Å². The van der Waals surface area contributed by atoms with Crippen molar-refractivity contribution in [1.29, 1.82) is 0 Å². The molecule has 0 aliphatic rings. The molecule has 0 aliphatic carbocycles. The van der Waals surface area contributed by atoms with Crippen LogP contribution in [0.25, 0.3) is 0 Å². The molecule has 3 nitrogen and oxygen atoms in total. The predicted octanol–water partition coefficient (Wildman–Crippen LogP) is 2.87.